The van der Waals surface area contributed by atoms with Crippen molar-refractivity contribution in [3.05, 3.63) is 28.8 Å². The molecule has 1 saturated carbocycles. The topological polar surface area (TPSA) is 84.2 Å². The minimum absolute atomic E-state index is 0. The summed E-state index contributed by atoms with van der Waals surface area (Å²) >= 11 is 6.02. The van der Waals surface area contributed by atoms with Gasteiger partial charge in [-0.15, -0.1) is 12.4 Å². The molecular formula is C17H25Cl2N3O2. The average molecular weight is 374 g/mol. The van der Waals surface area contributed by atoms with Crippen molar-refractivity contribution in [3.63, 3.8) is 0 Å². The number of halogens is 2. The highest BCUT2D eigenvalue weighted by atomic mass is 35.5. The van der Waals surface area contributed by atoms with Gasteiger partial charge in [-0.1, -0.05) is 24.1 Å². The Labute approximate surface area is 154 Å². The first kappa shape index (κ1) is 20.7. The van der Waals surface area contributed by atoms with Crippen molar-refractivity contribution in [1.82, 2.24) is 5.32 Å². The van der Waals surface area contributed by atoms with Gasteiger partial charge in [0.1, 0.15) is 0 Å². The van der Waals surface area contributed by atoms with Gasteiger partial charge in [0, 0.05) is 35.6 Å². The maximum atomic E-state index is 12.1. The van der Waals surface area contributed by atoms with Gasteiger partial charge in [-0.3, -0.25) is 9.59 Å². The Balaban J connectivity index is 0.00000288. The molecule has 2 rings (SSSR count). The maximum Gasteiger partial charge on any atom is 0.226 e. The standard InChI is InChI=1S/C17H24ClN3O2.ClH/c1-11-14(18)6-3-7-15(11)21-16(22)8-9-20-17(23)12-4-2-5-13(19)10-12;/h3,6-7,12-13H,2,4-5,8-10,19H2,1H3,(H,20,23)(H,21,22);1H. The van der Waals surface area contributed by atoms with Gasteiger partial charge in [-0.05, 0) is 43.9 Å². The second-order valence-electron chi connectivity index (χ2n) is 6.13. The number of carbonyl (C=O) groups is 2. The van der Waals surface area contributed by atoms with Crippen LogP contribution in [-0.2, 0) is 9.59 Å². The summed E-state index contributed by atoms with van der Waals surface area (Å²) in [5.41, 5.74) is 7.43. The SMILES string of the molecule is Cc1c(Cl)cccc1NC(=O)CCNC(=O)C1CCCC(N)C1.Cl. The monoisotopic (exact) mass is 373 g/mol. The Morgan fingerprint density at radius 3 is 2.79 bits per heavy atom. The van der Waals surface area contributed by atoms with Gasteiger partial charge in [-0.2, -0.15) is 0 Å². The van der Waals surface area contributed by atoms with Gasteiger partial charge >= 0.3 is 0 Å². The third-order valence-corrected chi connectivity index (χ3v) is 4.69. The summed E-state index contributed by atoms with van der Waals surface area (Å²) in [6, 6.07) is 5.50. The predicted octanol–water partition coefficient (Wildman–Crippen LogP) is 3.03. The summed E-state index contributed by atoms with van der Waals surface area (Å²) in [7, 11) is 0. The van der Waals surface area contributed by atoms with Crippen molar-refractivity contribution in [2.24, 2.45) is 11.7 Å². The molecule has 0 aromatic heterocycles. The van der Waals surface area contributed by atoms with E-state index in [1.165, 1.54) is 0 Å². The molecule has 0 radical (unpaired) electrons. The number of hydrogen-bond acceptors (Lipinski definition) is 3. The zero-order valence-corrected chi connectivity index (χ0v) is 15.4. The van der Waals surface area contributed by atoms with E-state index in [1.807, 2.05) is 6.92 Å². The molecule has 1 aliphatic carbocycles. The van der Waals surface area contributed by atoms with E-state index in [4.69, 9.17) is 17.3 Å². The van der Waals surface area contributed by atoms with Crippen LogP contribution in [0, 0.1) is 12.8 Å². The van der Waals surface area contributed by atoms with Gasteiger partial charge in [0.05, 0.1) is 0 Å². The van der Waals surface area contributed by atoms with Crippen molar-refractivity contribution in [2.45, 2.75) is 45.1 Å². The molecule has 7 heteroatoms. The van der Waals surface area contributed by atoms with Crippen molar-refractivity contribution in [3.8, 4) is 0 Å². The lowest BCUT2D eigenvalue weighted by Gasteiger charge is -2.25. The average Bonchev–Trinajstić information content (AvgIpc) is 2.52. The van der Waals surface area contributed by atoms with Crippen LogP contribution in [0.25, 0.3) is 0 Å². The third-order valence-electron chi connectivity index (χ3n) is 4.28. The van der Waals surface area contributed by atoms with Crippen LogP contribution in [-0.4, -0.2) is 24.4 Å². The molecular weight excluding hydrogens is 349 g/mol. The highest BCUT2D eigenvalue weighted by Gasteiger charge is 2.25. The number of nitrogens with two attached hydrogens (primary N) is 1. The second-order valence-corrected chi connectivity index (χ2v) is 6.53. The molecule has 1 aromatic rings. The lowest BCUT2D eigenvalue weighted by molar-refractivity contribution is -0.126. The summed E-state index contributed by atoms with van der Waals surface area (Å²) < 4.78 is 0. The number of nitrogens with one attached hydrogen (secondary N) is 2. The van der Waals surface area contributed by atoms with Gasteiger partial charge < -0.3 is 16.4 Å². The highest BCUT2D eigenvalue weighted by molar-refractivity contribution is 6.31. The lowest BCUT2D eigenvalue weighted by atomic mass is 9.85. The Morgan fingerprint density at radius 2 is 2.08 bits per heavy atom. The number of benzene rings is 1. The van der Waals surface area contributed by atoms with E-state index in [0.29, 0.717) is 17.3 Å². The molecule has 0 aliphatic heterocycles. The number of anilines is 1. The van der Waals surface area contributed by atoms with Crippen molar-refractivity contribution >= 4 is 41.5 Å². The van der Waals surface area contributed by atoms with E-state index in [9.17, 15) is 9.59 Å². The number of hydrogen-bond donors (Lipinski definition) is 3. The Hall–Kier alpha value is -1.30. The normalized spacial score (nSPS) is 20.0. The summed E-state index contributed by atoms with van der Waals surface area (Å²) in [4.78, 5) is 24.0. The van der Waals surface area contributed by atoms with Crippen molar-refractivity contribution < 1.29 is 9.59 Å². The van der Waals surface area contributed by atoms with Gasteiger partial charge in [-0.25, -0.2) is 0 Å². The zero-order valence-electron chi connectivity index (χ0n) is 13.8. The van der Waals surface area contributed by atoms with Gasteiger partial charge in [0.2, 0.25) is 11.8 Å². The first-order valence-electron chi connectivity index (χ1n) is 8.05. The van der Waals surface area contributed by atoms with E-state index < -0.39 is 0 Å². The van der Waals surface area contributed by atoms with Crippen LogP contribution in [0.1, 0.15) is 37.7 Å². The molecule has 0 saturated heterocycles. The van der Waals surface area contributed by atoms with Crippen LogP contribution in [0.5, 0.6) is 0 Å². The van der Waals surface area contributed by atoms with Gasteiger partial charge in [0.15, 0.2) is 0 Å². The van der Waals surface area contributed by atoms with E-state index in [2.05, 4.69) is 10.6 Å². The van der Waals surface area contributed by atoms with Crippen LogP contribution in [0.15, 0.2) is 18.2 Å². The molecule has 5 nitrogen and oxygen atoms in total. The van der Waals surface area contributed by atoms with Crippen molar-refractivity contribution in [1.29, 1.82) is 0 Å². The van der Waals surface area contributed by atoms with Crippen LogP contribution >= 0.6 is 24.0 Å². The fraction of sp³-hybridized carbons (Fsp3) is 0.529. The number of carbonyl (C=O) groups excluding carboxylic acids is 2. The van der Waals surface area contributed by atoms with E-state index in [0.717, 1.165) is 31.2 Å². The fourth-order valence-corrected chi connectivity index (χ4v) is 3.04. The Bertz CT molecular complexity index is 581. The maximum absolute atomic E-state index is 12.1. The number of rotatable bonds is 5. The van der Waals surface area contributed by atoms with Crippen LogP contribution in [0.3, 0.4) is 0 Å². The molecule has 2 atom stereocenters. The molecule has 134 valence electrons. The van der Waals surface area contributed by atoms with Crippen molar-refractivity contribution in [2.75, 3.05) is 11.9 Å². The molecule has 24 heavy (non-hydrogen) atoms. The van der Waals surface area contributed by atoms with E-state index >= 15 is 0 Å². The summed E-state index contributed by atoms with van der Waals surface area (Å²) in [5, 5.41) is 6.27. The molecule has 1 fully saturated rings. The van der Waals surface area contributed by atoms with Crippen LogP contribution < -0.4 is 16.4 Å². The smallest absolute Gasteiger partial charge is 0.226 e. The minimum Gasteiger partial charge on any atom is -0.355 e. The molecule has 0 heterocycles. The lowest BCUT2D eigenvalue weighted by Crippen LogP contribution is -2.38. The molecule has 2 unspecified atom stereocenters. The van der Waals surface area contributed by atoms with E-state index in [1.54, 1.807) is 18.2 Å². The molecule has 1 aromatic carbocycles. The highest BCUT2D eigenvalue weighted by Crippen LogP contribution is 2.24. The Morgan fingerprint density at radius 1 is 1.33 bits per heavy atom. The second kappa shape index (κ2) is 9.87. The first-order chi connectivity index (χ1) is 11.0. The Kier molecular flexibility index (Phi) is 8.53. The summed E-state index contributed by atoms with van der Waals surface area (Å²) in [6.45, 7) is 2.18. The largest absolute Gasteiger partial charge is 0.355 e. The predicted molar refractivity (Wildman–Crippen MR) is 99.6 cm³/mol. The molecule has 0 bridgehead atoms. The zero-order chi connectivity index (χ0) is 16.8. The fourth-order valence-electron chi connectivity index (χ4n) is 2.86. The summed E-state index contributed by atoms with van der Waals surface area (Å²) in [5.74, 6) is -0.153. The van der Waals surface area contributed by atoms with E-state index in [-0.39, 0.29) is 42.6 Å². The van der Waals surface area contributed by atoms with Gasteiger partial charge in [0.25, 0.3) is 0 Å². The minimum atomic E-state index is -0.143. The molecule has 2 amide bonds. The molecule has 0 spiro atoms. The summed E-state index contributed by atoms with van der Waals surface area (Å²) in [6.07, 6.45) is 3.84. The molecule has 4 N–H and O–H groups in total. The third kappa shape index (κ3) is 5.96. The van der Waals surface area contributed by atoms with Crippen LogP contribution in [0.2, 0.25) is 5.02 Å². The quantitative estimate of drug-likeness (QED) is 0.741. The molecule has 1 aliphatic rings. The first-order valence-corrected chi connectivity index (χ1v) is 8.43. The number of amides is 2. The van der Waals surface area contributed by atoms with Crippen LogP contribution in [0.4, 0.5) is 5.69 Å².